The fourth-order valence-electron chi connectivity index (χ4n) is 11.1. The maximum Gasteiger partial charge on any atom is 0.361 e. The van der Waals surface area contributed by atoms with Crippen LogP contribution in [0.3, 0.4) is 0 Å². The Kier molecular flexibility index (Phi) is 77.1. The molecule has 9 heteroatoms. The summed E-state index contributed by atoms with van der Waals surface area (Å²) in [6.07, 6.45) is 123. The van der Waals surface area contributed by atoms with Crippen molar-refractivity contribution in [2.24, 2.45) is 0 Å². The number of nitrogens with zero attached hydrogens (tertiary/aromatic N) is 1. The molecule has 0 aliphatic carbocycles. The highest BCUT2D eigenvalue weighted by Gasteiger charge is 2.25. The van der Waals surface area contributed by atoms with E-state index in [0.29, 0.717) is 17.4 Å². The van der Waals surface area contributed by atoms with Crippen LogP contribution < -0.4 is 0 Å². The Bertz CT molecular complexity index is 2410. The van der Waals surface area contributed by atoms with Crippen molar-refractivity contribution in [1.82, 2.24) is 0 Å². The van der Waals surface area contributed by atoms with E-state index in [9.17, 15) is 19.5 Å². The zero-order valence-corrected chi connectivity index (χ0v) is 66.7. The van der Waals surface area contributed by atoms with Crippen molar-refractivity contribution < 1.29 is 42.9 Å². The zero-order chi connectivity index (χ0) is 74.6. The first kappa shape index (κ1) is 97.1. The summed E-state index contributed by atoms with van der Waals surface area (Å²) < 4.78 is 23.0. The van der Waals surface area contributed by atoms with Crippen molar-refractivity contribution >= 4 is 17.9 Å². The highest BCUT2D eigenvalue weighted by molar-refractivity contribution is 5.71. The fourth-order valence-corrected chi connectivity index (χ4v) is 11.1. The van der Waals surface area contributed by atoms with Gasteiger partial charge in [-0.25, -0.2) is 4.79 Å². The van der Waals surface area contributed by atoms with Crippen LogP contribution in [-0.2, 0) is 33.3 Å². The molecule has 9 nitrogen and oxygen atoms in total. The van der Waals surface area contributed by atoms with Crippen LogP contribution in [0.2, 0.25) is 0 Å². The molecule has 0 saturated heterocycles. The number of aliphatic carboxylic acids is 1. The number of quaternary nitrogens is 1. The van der Waals surface area contributed by atoms with Crippen LogP contribution in [0.1, 0.15) is 322 Å². The third-order valence-electron chi connectivity index (χ3n) is 17.3. The number of carboxylic acids is 1. The van der Waals surface area contributed by atoms with Crippen LogP contribution in [0, 0.1) is 0 Å². The Hall–Kier alpha value is -5.87. The molecule has 0 aliphatic heterocycles. The Morgan fingerprint density at radius 1 is 0.291 bits per heavy atom. The van der Waals surface area contributed by atoms with E-state index in [1.807, 2.05) is 21.1 Å². The van der Waals surface area contributed by atoms with Gasteiger partial charge in [0.2, 0.25) is 0 Å². The van der Waals surface area contributed by atoms with E-state index in [1.165, 1.54) is 154 Å². The third kappa shape index (κ3) is 83.3. The van der Waals surface area contributed by atoms with Gasteiger partial charge >= 0.3 is 17.9 Å². The topological polar surface area (TPSA) is 108 Å². The first-order valence-electron chi connectivity index (χ1n) is 41.6. The average Bonchev–Trinajstić information content (AvgIpc) is 0.985. The molecule has 0 aromatic heterocycles. The molecular weight excluding hydrogens is 1270 g/mol. The predicted molar refractivity (Wildman–Crippen MR) is 446 cm³/mol. The minimum Gasteiger partial charge on any atom is -0.477 e. The molecule has 582 valence electrons. The van der Waals surface area contributed by atoms with Gasteiger partial charge in [-0.2, -0.15) is 0 Å². The standard InChI is InChI=1S/C94H153NO8/c1-6-8-10-12-14-16-18-20-22-24-26-28-30-32-34-36-38-40-42-44-46-48-50-52-54-56-58-60-62-64-66-68-70-72-74-76-78-80-82-84-91(96)101-88-90(89-102-94(93(98)99)100-87-86-95(3,4)5)103-92(97)85-83-81-79-77-75-73-71-69-67-65-63-61-59-57-55-53-51-49-47-45-43-41-39-37-35-33-31-29-27-25-23-21-19-17-15-13-11-9-7-2/h8-11,14-17,20-23,26-29,33,35,39,41,45,47,51,53,57,59,63,65,69,71,75,77,90,94H,6-7,12-13,18-19,24-25,30-32,34,36-38,40,42-44,46,48-50,52,54-56,58,60-62,64,66-68,70,72-74,76,78-89H2,1-5H3/p+1/b10-8-,11-9-,16-14-,17-15-,22-20-,23-21-,28-26-,29-27-,35-33-,41-39-,47-45-,53-51-,59-57-,65-63-,71-69-,77-75-. The summed E-state index contributed by atoms with van der Waals surface area (Å²) >= 11 is 0. The molecular formula is C94H154NO8+. The molecule has 0 spiro atoms. The molecule has 103 heavy (non-hydrogen) atoms. The first-order chi connectivity index (χ1) is 50.6. The predicted octanol–water partition coefficient (Wildman–Crippen LogP) is 27.3. The Morgan fingerprint density at radius 3 is 0.796 bits per heavy atom. The van der Waals surface area contributed by atoms with Crippen LogP contribution in [0.4, 0.5) is 0 Å². The van der Waals surface area contributed by atoms with Gasteiger partial charge < -0.3 is 28.5 Å². The lowest BCUT2D eigenvalue weighted by Gasteiger charge is -2.25. The molecule has 0 radical (unpaired) electrons. The van der Waals surface area contributed by atoms with Gasteiger partial charge in [-0.05, 0) is 141 Å². The SMILES string of the molecule is CC/C=C\C/C=C\C/C=C\C/C=C\C/C=C\C/C=C\C/C=C\C/C=C\C/C=C\C/C=C\C/C=C\C/C=C\CCCCC(=O)OC(COC(=O)CCCCCCCCCCCCCCCCCCCCCCCCCCCC/C=C\C/C=C\C/C=C\C/C=C\CC)COC(OCC[N+](C)(C)C)C(=O)O. The number of likely N-dealkylation sites (N-methyl/N-ethyl adjacent to an activating group) is 1. The van der Waals surface area contributed by atoms with Gasteiger partial charge in [-0.3, -0.25) is 9.59 Å². The van der Waals surface area contributed by atoms with Gasteiger partial charge in [-0.1, -0.05) is 362 Å². The number of allylic oxidation sites excluding steroid dienone is 32. The lowest BCUT2D eigenvalue weighted by Crippen LogP contribution is -2.40. The van der Waals surface area contributed by atoms with E-state index in [4.69, 9.17) is 18.9 Å². The van der Waals surface area contributed by atoms with Crippen LogP contribution in [-0.4, -0.2) is 87.4 Å². The second kappa shape index (κ2) is 81.8. The Labute approximate surface area is 633 Å². The quantitative estimate of drug-likeness (QED) is 0.0211. The highest BCUT2D eigenvalue weighted by Crippen LogP contribution is 2.18. The molecule has 0 aliphatic rings. The average molecular weight is 1430 g/mol. The minimum atomic E-state index is -1.53. The number of carbonyl (C=O) groups is 3. The van der Waals surface area contributed by atoms with E-state index >= 15 is 0 Å². The van der Waals surface area contributed by atoms with Crippen LogP contribution in [0.15, 0.2) is 194 Å². The van der Waals surface area contributed by atoms with Crippen LogP contribution in [0.5, 0.6) is 0 Å². The zero-order valence-electron chi connectivity index (χ0n) is 66.7. The molecule has 0 heterocycles. The number of esters is 2. The molecule has 0 amide bonds. The second-order valence-corrected chi connectivity index (χ2v) is 28.3. The normalized spacial score (nSPS) is 13.7. The minimum absolute atomic E-state index is 0.171. The van der Waals surface area contributed by atoms with Crippen molar-refractivity contribution in [2.45, 2.75) is 334 Å². The number of rotatable bonds is 75. The van der Waals surface area contributed by atoms with E-state index in [1.54, 1.807) is 0 Å². The van der Waals surface area contributed by atoms with Gasteiger partial charge in [0, 0.05) is 12.8 Å². The summed E-state index contributed by atoms with van der Waals surface area (Å²) in [5.74, 6) is -2.07. The van der Waals surface area contributed by atoms with Crippen molar-refractivity contribution in [1.29, 1.82) is 0 Å². The van der Waals surface area contributed by atoms with Crippen molar-refractivity contribution in [2.75, 3.05) is 47.5 Å². The van der Waals surface area contributed by atoms with Gasteiger partial charge in [0.15, 0.2) is 6.10 Å². The second-order valence-electron chi connectivity index (χ2n) is 28.3. The summed E-state index contributed by atoms with van der Waals surface area (Å²) in [4.78, 5) is 37.7. The number of carbonyl (C=O) groups excluding carboxylic acids is 2. The maximum absolute atomic E-state index is 13.0. The maximum atomic E-state index is 13.0. The lowest BCUT2D eigenvalue weighted by molar-refractivity contribution is -0.870. The summed E-state index contributed by atoms with van der Waals surface area (Å²) in [5.41, 5.74) is 0. The summed E-state index contributed by atoms with van der Waals surface area (Å²) in [5, 5.41) is 9.78. The first-order valence-corrected chi connectivity index (χ1v) is 41.6. The van der Waals surface area contributed by atoms with Gasteiger partial charge in [0.25, 0.3) is 6.29 Å². The van der Waals surface area contributed by atoms with Gasteiger partial charge in [-0.15, -0.1) is 0 Å². The molecule has 1 N–H and O–H groups in total. The number of hydrogen-bond donors (Lipinski definition) is 1. The van der Waals surface area contributed by atoms with Crippen molar-refractivity contribution in [3.8, 4) is 0 Å². The molecule has 0 saturated carbocycles. The number of unbranched alkanes of at least 4 members (excludes halogenated alkanes) is 28. The van der Waals surface area contributed by atoms with Crippen molar-refractivity contribution in [3.63, 3.8) is 0 Å². The molecule has 2 atom stereocenters. The smallest absolute Gasteiger partial charge is 0.361 e. The largest absolute Gasteiger partial charge is 0.477 e. The van der Waals surface area contributed by atoms with Gasteiger partial charge in [0.1, 0.15) is 13.2 Å². The summed E-state index contributed by atoms with van der Waals surface area (Å²) in [6.45, 7) is 4.61. The third-order valence-corrected chi connectivity index (χ3v) is 17.3. The molecule has 2 unspecified atom stereocenters. The van der Waals surface area contributed by atoms with E-state index in [2.05, 4.69) is 208 Å². The summed E-state index contributed by atoms with van der Waals surface area (Å²) in [7, 11) is 5.96. The van der Waals surface area contributed by atoms with Crippen LogP contribution >= 0.6 is 0 Å². The molecule has 0 aromatic rings. The molecule has 0 rings (SSSR count). The molecule has 0 fully saturated rings. The monoisotopic (exact) mass is 1430 g/mol. The van der Waals surface area contributed by atoms with Crippen LogP contribution in [0.25, 0.3) is 0 Å². The summed E-state index contributed by atoms with van der Waals surface area (Å²) in [6, 6.07) is 0. The molecule has 0 bridgehead atoms. The van der Waals surface area contributed by atoms with E-state index < -0.39 is 24.3 Å². The number of hydrogen-bond acceptors (Lipinski definition) is 7. The fraction of sp³-hybridized carbons (Fsp3) is 0.628. The van der Waals surface area contributed by atoms with Gasteiger partial charge in [0.05, 0.1) is 34.4 Å². The highest BCUT2D eigenvalue weighted by atomic mass is 16.7. The number of ether oxygens (including phenoxy) is 4. The molecule has 0 aromatic carbocycles. The van der Waals surface area contributed by atoms with Crippen molar-refractivity contribution in [3.05, 3.63) is 194 Å². The van der Waals surface area contributed by atoms with E-state index in [0.717, 1.165) is 135 Å². The lowest BCUT2D eigenvalue weighted by atomic mass is 10.0. The Balaban J connectivity index is 4.12. The van der Waals surface area contributed by atoms with E-state index in [-0.39, 0.29) is 38.6 Å². The Morgan fingerprint density at radius 2 is 0.524 bits per heavy atom. The number of carboxylic acid groups (broad SMARTS) is 1.